The zero-order chi connectivity index (χ0) is 20.9. The van der Waals surface area contributed by atoms with Crippen molar-refractivity contribution in [1.29, 1.82) is 0 Å². The van der Waals surface area contributed by atoms with Gasteiger partial charge in [0.05, 0.1) is 0 Å². The van der Waals surface area contributed by atoms with E-state index >= 15 is 0 Å². The van der Waals surface area contributed by atoms with Crippen LogP contribution in [-0.4, -0.2) is 57.4 Å². The summed E-state index contributed by atoms with van der Waals surface area (Å²) < 4.78 is 5.41. The van der Waals surface area contributed by atoms with Gasteiger partial charge in [0.25, 0.3) is 0 Å². The number of rotatable bonds is 8. The molecule has 2 aliphatic carbocycles. The number of piperidine rings is 1. The Bertz CT molecular complexity index is 724. The molecule has 1 saturated heterocycles. The van der Waals surface area contributed by atoms with Crippen LogP contribution in [0.4, 0.5) is 0 Å². The fourth-order valence-corrected chi connectivity index (χ4v) is 5.23. The van der Waals surface area contributed by atoms with Gasteiger partial charge in [-0.25, -0.2) is 0 Å². The molecule has 30 heavy (non-hydrogen) atoms. The minimum atomic E-state index is 0.0583. The zero-order valence-corrected chi connectivity index (χ0v) is 18.4. The van der Waals surface area contributed by atoms with Crippen LogP contribution in [0.5, 0.6) is 0 Å². The molecule has 1 unspecified atom stereocenters. The normalized spacial score (nSPS) is 22.8. The van der Waals surface area contributed by atoms with Gasteiger partial charge in [-0.1, -0.05) is 37.3 Å². The maximum absolute atomic E-state index is 12.8. The van der Waals surface area contributed by atoms with Gasteiger partial charge < -0.3 is 14.3 Å². The first-order valence-electron chi connectivity index (χ1n) is 12.0. The van der Waals surface area contributed by atoms with Crippen LogP contribution in [0.1, 0.15) is 95.2 Å². The highest BCUT2D eigenvalue weighted by Gasteiger charge is 2.30. The van der Waals surface area contributed by atoms with E-state index in [1.165, 1.54) is 32.1 Å². The lowest BCUT2D eigenvalue weighted by atomic mass is 9.85. The van der Waals surface area contributed by atoms with E-state index in [1.807, 2.05) is 9.80 Å². The van der Waals surface area contributed by atoms with Crippen molar-refractivity contribution >= 4 is 11.8 Å². The van der Waals surface area contributed by atoms with Crippen molar-refractivity contribution in [3.05, 3.63) is 11.7 Å². The van der Waals surface area contributed by atoms with Gasteiger partial charge in [-0.15, -0.1) is 0 Å². The first-order chi connectivity index (χ1) is 14.6. The maximum Gasteiger partial charge on any atom is 0.229 e. The van der Waals surface area contributed by atoms with Gasteiger partial charge in [-0.3, -0.25) is 9.59 Å². The van der Waals surface area contributed by atoms with Gasteiger partial charge in [0.1, 0.15) is 0 Å². The van der Waals surface area contributed by atoms with Crippen molar-refractivity contribution in [1.82, 2.24) is 19.9 Å². The minimum Gasteiger partial charge on any atom is -0.341 e. The van der Waals surface area contributed by atoms with Crippen molar-refractivity contribution in [3.63, 3.8) is 0 Å². The fourth-order valence-electron chi connectivity index (χ4n) is 5.23. The highest BCUT2D eigenvalue weighted by molar-refractivity contribution is 5.77. The molecule has 0 spiro atoms. The third-order valence-corrected chi connectivity index (χ3v) is 7.35. The Morgan fingerprint density at radius 3 is 2.60 bits per heavy atom. The van der Waals surface area contributed by atoms with E-state index in [1.54, 1.807) is 6.92 Å². The molecule has 0 radical (unpaired) electrons. The Morgan fingerprint density at radius 2 is 1.90 bits per heavy atom. The molecule has 0 N–H and O–H groups in total. The van der Waals surface area contributed by atoms with Crippen LogP contribution in [0.25, 0.3) is 0 Å². The van der Waals surface area contributed by atoms with Gasteiger partial charge in [0.15, 0.2) is 5.82 Å². The molecule has 166 valence electrons. The Morgan fingerprint density at radius 1 is 1.10 bits per heavy atom. The van der Waals surface area contributed by atoms with E-state index in [-0.39, 0.29) is 17.9 Å². The average Bonchev–Trinajstić information content (AvgIpc) is 3.37. The number of nitrogens with zero attached hydrogens (tertiary/aromatic N) is 4. The van der Waals surface area contributed by atoms with Gasteiger partial charge in [0.2, 0.25) is 17.7 Å². The SMILES string of the molecule is CC(=O)N(CCc1noc(C2CCC2)n1)C1CCCN(C(=O)CCC2CCCC2)C1. The van der Waals surface area contributed by atoms with E-state index in [0.717, 1.165) is 50.5 Å². The lowest BCUT2D eigenvalue weighted by Crippen LogP contribution is -2.51. The van der Waals surface area contributed by atoms with Crippen LogP contribution in [0.2, 0.25) is 0 Å². The molecule has 1 atom stereocenters. The van der Waals surface area contributed by atoms with Gasteiger partial charge in [0, 0.05) is 51.4 Å². The maximum atomic E-state index is 12.8. The van der Waals surface area contributed by atoms with Crippen LogP contribution in [0.15, 0.2) is 4.52 Å². The quantitative estimate of drug-likeness (QED) is 0.646. The van der Waals surface area contributed by atoms with Crippen molar-refractivity contribution in [2.45, 2.75) is 95.9 Å². The lowest BCUT2D eigenvalue weighted by molar-refractivity contribution is -0.138. The lowest BCUT2D eigenvalue weighted by Gasteiger charge is -2.39. The summed E-state index contributed by atoms with van der Waals surface area (Å²) in [5.74, 6) is 2.92. The largest absolute Gasteiger partial charge is 0.341 e. The number of hydrogen-bond donors (Lipinski definition) is 0. The molecule has 4 rings (SSSR count). The second kappa shape index (κ2) is 9.92. The van der Waals surface area contributed by atoms with Gasteiger partial charge >= 0.3 is 0 Å². The van der Waals surface area contributed by atoms with Crippen molar-refractivity contribution in [3.8, 4) is 0 Å². The zero-order valence-electron chi connectivity index (χ0n) is 18.4. The topological polar surface area (TPSA) is 79.5 Å². The third-order valence-electron chi connectivity index (χ3n) is 7.35. The average molecular weight is 417 g/mol. The first-order valence-corrected chi connectivity index (χ1v) is 12.0. The number of amides is 2. The number of hydrogen-bond acceptors (Lipinski definition) is 5. The summed E-state index contributed by atoms with van der Waals surface area (Å²) in [5, 5.41) is 4.11. The number of carbonyl (C=O) groups excluding carboxylic acids is 2. The molecular formula is C23H36N4O3. The van der Waals surface area contributed by atoms with Crippen LogP contribution >= 0.6 is 0 Å². The monoisotopic (exact) mass is 416 g/mol. The highest BCUT2D eigenvalue weighted by atomic mass is 16.5. The van der Waals surface area contributed by atoms with E-state index in [4.69, 9.17) is 4.52 Å². The predicted molar refractivity (Wildman–Crippen MR) is 113 cm³/mol. The number of aromatic nitrogens is 2. The first kappa shape index (κ1) is 21.3. The van der Waals surface area contributed by atoms with Crippen LogP contribution in [0, 0.1) is 5.92 Å². The second-order valence-electron chi connectivity index (χ2n) is 9.46. The molecule has 3 aliphatic rings. The molecule has 2 amide bonds. The van der Waals surface area contributed by atoms with E-state index < -0.39 is 0 Å². The van der Waals surface area contributed by atoms with E-state index in [0.29, 0.717) is 37.7 Å². The van der Waals surface area contributed by atoms with Gasteiger partial charge in [-0.05, 0) is 38.0 Å². The summed E-state index contributed by atoms with van der Waals surface area (Å²) in [6.07, 6.45) is 12.9. The molecule has 3 fully saturated rings. The molecule has 2 heterocycles. The standard InChI is InChI=1S/C23H36N4O3/c1-17(28)27(15-13-21-24-23(30-25-21)19-8-4-9-19)20-10-5-14-26(16-20)22(29)12-11-18-6-2-3-7-18/h18-20H,2-16H2,1H3. The van der Waals surface area contributed by atoms with E-state index in [2.05, 4.69) is 10.1 Å². The molecular weight excluding hydrogens is 380 g/mol. The number of likely N-dealkylation sites (tertiary alicyclic amines) is 1. The Labute approximate surface area is 179 Å². The van der Waals surface area contributed by atoms with E-state index in [9.17, 15) is 9.59 Å². The summed E-state index contributed by atoms with van der Waals surface area (Å²) in [5.41, 5.74) is 0. The molecule has 7 heteroatoms. The van der Waals surface area contributed by atoms with Crippen molar-refractivity contribution in [2.24, 2.45) is 5.92 Å². The fraction of sp³-hybridized carbons (Fsp3) is 0.826. The molecule has 1 aliphatic heterocycles. The molecule has 0 aromatic carbocycles. The van der Waals surface area contributed by atoms with Crippen LogP contribution in [-0.2, 0) is 16.0 Å². The molecule has 0 bridgehead atoms. The summed E-state index contributed by atoms with van der Waals surface area (Å²) >= 11 is 0. The molecule has 7 nitrogen and oxygen atoms in total. The summed E-state index contributed by atoms with van der Waals surface area (Å²) in [4.78, 5) is 33.6. The Kier molecular flexibility index (Phi) is 7.05. The molecule has 1 aromatic rings. The van der Waals surface area contributed by atoms with Crippen LogP contribution < -0.4 is 0 Å². The summed E-state index contributed by atoms with van der Waals surface area (Å²) in [7, 11) is 0. The minimum absolute atomic E-state index is 0.0583. The second-order valence-corrected chi connectivity index (χ2v) is 9.46. The van der Waals surface area contributed by atoms with Crippen LogP contribution in [0.3, 0.4) is 0 Å². The van der Waals surface area contributed by atoms with Crippen molar-refractivity contribution < 1.29 is 14.1 Å². The Balaban J connectivity index is 1.28. The Hall–Kier alpha value is -1.92. The number of carbonyl (C=O) groups is 2. The summed E-state index contributed by atoms with van der Waals surface area (Å²) in [6, 6.07) is 0.0877. The third kappa shape index (κ3) is 5.22. The summed E-state index contributed by atoms with van der Waals surface area (Å²) in [6.45, 7) is 3.68. The predicted octanol–water partition coefficient (Wildman–Crippen LogP) is 3.69. The molecule has 2 saturated carbocycles. The molecule has 1 aromatic heterocycles. The van der Waals surface area contributed by atoms with Crippen molar-refractivity contribution in [2.75, 3.05) is 19.6 Å². The highest BCUT2D eigenvalue weighted by Crippen LogP contribution is 2.35. The smallest absolute Gasteiger partial charge is 0.229 e. The van der Waals surface area contributed by atoms with Gasteiger partial charge in [-0.2, -0.15) is 4.98 Å².